The summed E-state index contributed by atoms with van der Waals surface area (Å²) in [6.45, 7) is 3.36. The molecule has 0 aliphatic heterocycles. The number of anilines is 1. The fourth-order valence-corrected chi connectivity index (χ4v) is 0.751. The molecular formula is C8H8N2O5. The predicted molar refractivity (Wildman–Crippen MR) is 48.6 cm³/mol. The first-order valence-electron chi connectivity index (χ1n) is 3.86. The van der Waals surface area contributed by atoms with Gasteiger partial charge in [-0.25, -0.2) is 14.6 Å². The third-order valence-corrected chi connectivity index (χ3v) is 1.32. The molecule has 1 aromatic rings. The van der Waals surface area contributed by atoms with E-state index in [1.165, 1.54) is 6.08 Å². The monoisotopic (exact) mass is 212 g/mol. The summed E-state index contributed by atoms with van der Waals surface area (Å²) in [5.74, 6) is -1.57. The topological polar surface area (TPSA) is 102 Å². The molecular weight excluding hydrogens is 204 g/mol. The average molecular weight is 212 g/mol. The van der Waals surface area contributed by atoms with Gasteiger partial charge in [0.25, 0.3) is 0 Å². The number of hydrogen-bond donors (Lipinski definition) is 2. The number of aromatic nitrogens is 1. The number of carbonyl (C=O) groups is 2. The zero-order valence-electron chi connectivity index (χ0n) is 7.60. The van der Waals surface area contributed by atoms with Gasteiger partial charge in [0.2, 0.25) is 11.6 Å². The Bertz CT molecular complexity index is 384. The molecule has 0 atom stereocenters. The van der Waals surface area contributed by atoms with Crippen molar-refractivity contribution in [3.05, 3.63) is 24.7 Å². The Labute approximate surface area is 84.4 Å². The minimum Gasteiger partial charge on any atom is -0.476 e. The van der Waals surface area contributed by atoms with Gasteiger partial charge in [0.1, 0.15) is 6.61 Å². The van der Waals surface area contributed by atoms with Crippen molar-refractivity contribution < 1.29 is 23.8 Å². The van der Waals surface area contributed by atoms with Gasteiger partial charge in [-0.15, -0.1) is 0 Å². The molecule has 0 radical (unpaired) electrons. The lowest BCUT2D eigenvalue weighted by Crippen LogP contribution is -2.15. The van der Waals surface area contributed by atoms with E-state index in [9.17, 15) is 9.59 Å². The zero-order chi connectivity index (χ0) is 11.3. The lowest BCUT2D eigenvalue weighted by atomic mass is 10.4. The van der Waals surface area contributed by atoms with Crippen LogP contribution in [0.2, 0.25) is 0 Å². The van der Waals surface area contributed by atoms with E-state index in [0.717, 1.165) is 6.39 Å². The van der Waals surface area contributed by atoms with Gasteiger partial charge in [-0.3, -0.25) is 5.32 Å². The summed E-state index contributed by atoms with van der Waals surface area (Å²) in [5.41, 5.74) is -0.384. The zero-order valence-corrected chi connectivity index (χ0v) is 7.60. The second-order valence-electron chi connectivity index (χ2n) is 2.35. The van der Waals surface area contributed by atoms with Crippen LogP contribution in [-0.4, -0.2) is 28.8 Å². The number of rotatable bonds is 4. The maximum absolute atomic E-state index is 11.0. The van der Waals surface area contributed by atoms with Gasteiger partial charge in [0.15, 0.2) is 6.39 Å². The van der Waals surface area contributed by atoms with Crippen LogP contribution in [0.15, 0.2) is 23.5 Å². The lowest BCUT2D eigenvalue weighted by molar-refractivity contribution is 0.0692. The fraction of sp³-hybridized carbons (Fsp3) is 0.125. The Kier molecular flexibility index (Phi) is 3.44. The van der Waals surface area contributed by atoms with Crippen molar-refractivity contribution in [3.8, 4) is 0 Å². The minimum atomic E-state index is -1.30. The Balaban J connectivity index is 2.64. The van der Waals surface area contributed by atoms with Crippen molar-refractivity contribution in [2.24, 2.45) is 0 Å². The number of carbonyl (C=O) groups excluding carboxylic acids is 1. The van der Waals surface area contributed by atoms with E-state index in [1.807, 2.05) is 0 Å². The van der Waals surface area contributed by atoms with Crippen LogP contribution < -0.4 is 5.32 Å². The summed E-state index contributed by atoms with van der Waals surface area (Å²) in [5, 5.41) is 10.7. The van der Waals surface area contributed by atoms with Crippen LogP contribution in [0, 0.1) is 0 Å². The van der Waals surface area contributed by atoms with Gasteiger partial charge in [0, 0.05) is 0 Å². The fourth-order valence-electron chi connectivity index (χ4n) is 0.751. The molecule has 0 aliphatic rings. The molecule has 15 heavy (non-hydrogen) atoms. The van der Waals surface area contributed by atoms with Crippen LogP contribution in [0.4, 0.5) is 10.7 Å². The molecule has 7 heteroatoms. The predicted octanol–water partition coefficient (Wildman–Crippen LogP) is 1.11. The number of hydrogen-bond acceptors (Lipinski definition) is 5. The minimum absolute atomic E-state index is 0.0162. The molecule has 0 saturated carbocycles. The quantitative estimate of drug-likeness (QED) is 0.724. The highest BCUT2D eigenvalue weighted by atomic mass is 16.5. The van der Waals surface area contributed by atoms with Crippen LogP contribution in [0.3, 0.4) is 0 Å². The van der Waals surface area contributed by atoms with Gasteiger partial charge in [-0.05, 0) is 0 Å². The van der Waals surface area contributed by atoms with E-state index >= 15 is 0 Å². The lowest BCUT2D eigenvalue weighted by Gasteiger charge is -2.01. The Hall–Kier alpha value is -2.31. The summed E-state index contributed by atoms with van der Waals surface area (Å²) in [4.78, 5) is 24.9. The normalized spacial score (nSPS) is 9.33. The van der Waals surface area contributed by atoms with Gasteiger partial charge in [0.05, 0.1) is 0 Å². The van der Waals surface area contributed by atoms with Crippen molar-refractivity contribution >= 4 is 17.9 Å². The maximum Gasteiger partial charge on any atom is 0.414 e. The van der Waals surface area contributed by atoms with Crippen molar-refractivity contribution in [1.82, 2.24) is 4.98 Å². The maximum atomic E-state index is 11.0. The number of nitrogens with one attached hydrogen (secondary N) is 1. The van der Waals surface area contributed by atoms with Gasteiger partial charge in [-0.2, -0.15) is 0 Å². The van der Waals surface area contributed by atoms with Gasteiger partial charge < -0.3 is 14.3 Å². The summed E-state index contributed by atoms with van der Waals surface area (Å²) >= 11 is 0. The van der Waals surface area contributed by atoms with Crippen LogP contribution in [0.5, 0.6) is 0 Å². The van der Waals surface area contributed by atoms with Crippen molar-refractivity contribution in [2.45, 2.75) is 0 Å². The van der Waals surface area contributed by atoms with Crippen LogP contribution >= 0.6 is 0 Å². The van der Waals surface area contributed by atoms with Gasteiger partial charge >= 0.3 is 12.1 Å². The number of carboxylic acids is 1. The van der Waals surface area contributed by atoms with E-state index in [-0.39, 0.29) is 18.2 Å². The van der Waals surface area contributed by atoms with Crippen LogP contribution in [-0.2, 0) is 4.74 Å². The second-order valence-corrected chi connectivity index (χ2v) is 2.35. The number of ether oxygens (including phenoxy) is 1. The summed E-state index contributed by atoms with van der Waals surface area (Å²) in [7, 11) is 0. The third kappa shape index (κ3) is 2.83. The number of amides is 1. The van der Waals surface area contributed by atoms with Crippen molar-refractivity contribution in [2.75, 3.05) is 11.9 Å². The third-order valence-electron chi connectivity index (χ3n) is 1.32. The average Bonchev–Trinajstić information content (AvgIpc) is 2.62. The Morgan fingerprint density at radius 1 is 1.73 bits per heavy atom. The first-order chi connectivity index (χ1) is 7.15. The van der Waals surface area contributed by atoms with E-state index in [4.69, 9.17) is 5.11 Å². The molecule has 0 bridgehead atoms. The molecule has 1 aromatic heterocycles. The Morgan fingerprint density at radius 3 is 3.07 bits per heavy atom. The largest absolute Gasteiger partial charge is 0.476 e. The highest BCUT2D eigenvalue weighted by molar-refractivity contribution is 5.94. The molecule has 0 spiro atoms. The second kappa shape index (κ2) is 4.80. The Morgan fingerprint density at radius 2 is 2.47 bits per heavy atom. The highest BCUT2D eigenvalue weighted by Gasteiger charge is 2.17. The molecule has 80 valence electrons. The van der Waals surface area contributed by atoms with Crippen molar-refractivity contribution in [3.63, 3.8) is 0 Å². The molecule has 0 unspecified atom stereocenters. The van der Waals surface area contributed by atoms with E-state index in [1.54, 1.807) is 0 Å². The van der Waals surface area contributed by atoms with Crippen LogP contribution in [0.1, 0.15) is 10.5 Å². The summed E-state index contributed by atoms with van der Waals surface area (Å²) in [6, 6.07) is 0. The molecule has 7 nitrogen and oxygen atoms in total. The van der Waals surface area contributed by atoms with Crippen LogP contribution in [0.25, 0.3) is 0 Å². The smallest absolute Gasteiger partial charge is 0.414 e. The van der Waals surface area contributed by atoms with Crippen molar-refractivity contribution in [1.29, 1.82) is 0 Å². The standard InChI is InChI=1S/C8H8N2O5/c1-2-3-14-8(13)10-6-5(7(11)12)9-4-15-6/h2,4H,1,3H2,(H,10,13)(H,11,12). The molecule has 1 rings (SSSR count). The SMILES string of the molecule is C=CCOC(=O)Nc1ocnc1C(=O)O. The van der Waals surface area contributed by atoms with E-state index in [2.05, 4.69) is 26.0 Å². The first kappa shape index (κ1) is 10.8. The number of oxazole rings is 1. The molecule has 0 aliphatic carbocycles. The molecule has 0 saturated heterocycles. The number of nitrogens with zero attached hydrogens (tertiary/aromatic N) is 1. The first-order valence-corrected chi connectivity index (χ1v) is 3.86. The van der Waals surface area contributed by atoms with E-state index < -0.39 is 12.1 Å². The summed E-state index contributed by atoms with van der Waals surface area (Å²) < 4.78 is 9.20. The number of aromatic carboxylic acids is 1. The molecule has 2 N–H and O–H groups in total. The molecule has 1 amide bonds. The molecule has 0 aromatic carbocycles. The van der Waals surface area contributed by atoms with Gasteiger partial charge in [-0.1, -0.05) is 12.7 Å². The molecule has 0 fully saturated rings. The number of carboxylic acid groups (broad SMARTS) is 1. The highest BCUT2D eigenvalue weighted by Crippen LogP contribution is 2.13. The van der Waals surface area contributed by atoms with E-state index in [0.29, 0.717) is 0 Å². The molecule has 1 heterocycles. The summed E-state index contributed by atoms with van der Waals surface area (Å²) in [6.07, 6.45) is 1.44.